The van der Waals surface area contributed by atoms with Crippen LogP contribution in [-0.4, -0.2) is 44.9 Å². The highest BCUT2D eigenvalue weighted by Crippen LogP contribution is 2.33. The molecule has 0 aliphatic carbocycles. The molecule has 260 valence electrons. The lowest BCUT2D eigenvalue weighted by Gasteiger charge is -2.18. The molecule has 0 unspecified atom stereocenters. The normalized spacial score (nSPS) is 11.1. The van der Waals surface area contributed by atoms with Gasteiger partial charge >= 0.3 is 0 Å². The molecule has 9 rings (SSSR count). The molecule has 0 N–H and O–H groups in total. The Kier molecular flexibility index (Phi) is 9.41. The molecule has 6 aromatic carbocycles. The molecule has 55 heavy (non-hydrogen) atoms. The summed E-state index contributed by atoms with van der Waals surface area (Å²) in [6.45, 7) is 0. The van der Waals surface area contributed by atoms with Crippen molar-refractivity contribution in [3.05, 3.63) is 182 Å². The van der Waals surface area contributed by atoms with Crippen molar-refractivity contribution in [1.82, 2.24) is 44.9 Å². The van der Waals surface area contributed by atoms with Crippen molar-refractivity contribution in [2.45, 2.75) is 0 Å². The lowest BCUT2D eigenvalue weighted by molar-refractivity contribution is 1.08. The summed E-state index contributed by atoms with van der Waals surface area (Å²) >= 11 is 0. The van der Waals surface area contributed by atoms with Crippen LogP contribution in [0.25, 0.3) is 68.3 Å². The molecule has 0 amide bonds. The third kappa shape index (κ3) is 7.38. The lowest BCUT2D eigenvalue weighted by Crippen LogP contribution is -2.34. The van der Waals surface area contributed by atoms with E-state index in [1.165, 1.54) is 0 Å². The maximum atomic E-state index is 5.20. The third-order valence-corrected chi connectivity index (χ3v) is 10.5. The maximum absolute atomic E-state index is 5.20. The molecule has 3 heterocycles. The van der Waals surface area contributed by atoms with Crippen LogP contribution in [0.15, 0.2) is 182 Å². The van der Waals surface area contributed by atoms with Crippen molar-refractivity contribution in [2.24, 2.45) is 0 Å². The van der Waals surface area contributed by atoms with E-state index in [2.05, 4.69) is 0 Å². The van der Waals surface area contributed by atoms with Crippen molar-refractivity contribution < 1.29 is 0 Å². The molecule has 0 spiro atoms. The molecule has 0 saturated carbocycles. The number of benzene rings is 6. The fourth-order valence-electron chi connectivity index (χ4n) is 5.96. The maximum Gasteiger partial charge on any atom is 0.171 e. The summed E-state index contributed by atoms with van der Waals surface area (Å²) in [5, 5.41) is 0. The molecule has 0 aliphatic heterocycles. The van der Waals surface area contributed by atoms with Crippen molar-refractivity contribution >= 4 is 24.6 Å². The van der Waals surface area contributed by atoms with Crippen LogP contribution in [0.3, 0.4) is 0 Å². The van der Waals surface area contributed by atoms with Gasteiger partial charge in [0.2, 0.25) is 0 Å². The summed E-state index contributed by atoms with van der Waals surface area (Å²) in [7, 11) is -1.87. The molecule has 3 aromatic heterocycles. The molecule has 0 fully saturated rings. The first kappa shape index (κ1) is 33.6. The topological polar surface area (TPSA) is 116 Å². The van der Waals surface area contributed by atoms with E-state index in [9.17, 15) is 0 Å². The van der Waals surface area contributed by atoms with Crippen molar-refractivity contribution in [3.63, 3.8) is 0 Å². The van der Waals surface area contributed by atoms with Crippen molar-refractivity contribution in [3.8, 4) is 68.3 Å². The van der Waals surface area contributed by atoms with Crippen molar-refractivity contribution in [2.75, 3.05) is 0 Å². The summed E-state index contributed by atoms with van der Waals surface area (Å²) in [6.07, 6.45) is 0. The van der Waals surface area contributed by atoms with E-state index in [4.69, 9.17) is 44.9 Å². The first-order valence-corrected chi connectivity index (χ1v) is 19.0. The minimum Gasteiger partial charge on any atom is -0.208 e. The van der Waals surface area contributed by atoms with Gasteiger partial charge in [-0.05, 0) is 0 Å². The zero-order valence-electron chi connectivity index (χ0n) is 29.3. The molecule has 0 bridgehead atoms. The van der Waals surface area contributed by atoms with Gasteiger partial charge in [0.15, 0.2) is 51.6 Å². The molecule has 9 aromatic rings. The first-order valence-electron chi connectivity index (χ1n) is 17.7. The zero-order chi connectivity index (χ0) is 36.8. The van der Waals surface area contributed by atoms with E-state index in [1.54, 1.807) is 0 Å². The van der Waals surface area contributed by atoms with Gasteiger partial charge < -0.3 is 0 Å². The van der Waals surface area contributed by atoms with Crippen LogP contribution >= 0.6 is 7.92 Å². The Labute approximate surface area is 318 Å². The summed E-state index contributed by atoms with van der Waals surface area (Å²) in [6, 6.07) is 59.4. The van der Waals surface area contributed by atoms with E-state index in [1.807, 2.05) is 182 Å². The fraction of sp³-hybridized carbons (Fsp3) is 0. The molecule has 0 aliphatic rings. The highest BCUT2D eigenvalue weighted by Gasteiger charge is 2.31. The van der Waals surface area contributed by atoms with Crippen LogP contribution in [0, 0.1) is 0 Å². The molecule has 0 radical (unpaired) electrons. The largest absolute Gasteiger partial charge is 0.208 e. The second-order valence-corrected chi connectivity index (χ2v) is 14.3. The van der Waals surface area contributed by atoms with Crippen LogP contribution in [0.1, 0.15) is 0 Å². The molecule has 0 saturated heterocycles. The van der Waals surface area contributed by atoms with Gasteiger partial charge in [0.05, 0.1) is 0 Å². The second kappa shape index (κ2) is 15.4. The van der Waals surface area contributed by atoms with Crippen LogP contribution in [-0.2, 0) is 0 Å². The number of nitrogens with zero attached hydrogens (tertiary/aromatic N) is 9. The zero-order valence-corrected chi connectivity index (χ0v) is 30.2. The first-order chi connectivity index (χ1) is 27.2. The van der Waals surface area contributed by atoms with Gasteiger partial charge in [-0.1, -0.05) is 182 Å². The van der Waals surface area contributed by atoms with E-state index >= 15 is 0 Å². The summed E-state index contributed by atoms with van der Waals surface area (Å²) in [4.78, 5) is 46.1. The Bertz CT molecular complexity index is 2220. The minimum atomic E-state index is -1.87. The molecule has 10 heteroatoms. The Hall–Kier alpha value is -7.22. The Morgan fingerprint density at radius 1 is 0.200 bits per heavy atom. The van der Waals surface area contributed by atoms with Crippen molar-refractivity contribution in [1.29, 1.82) is 0 Å². The van der Waals surface area contributed by atoms with Gasteiger partial charge in [0.25, 0.3) is 0 Å². The second-order valence-electron chi connectivity index (χ2n) is 12.4. The highest BCUT2D eigenvalue weighted by molar-refractivity contribution is 7.78. The van der Waals surface area contributed by atoms with Gasteiger partial charge in [-0.25, -0.2) is 44.9 Å². The predicted octanol–water partition coefficient (Wildman–Crippen LogP) is 8.00. The number of aromatic nitrogens is 9. The fourth-order valence-corrected chi connectivity index (χ4v) is 7.67. The Balaban J connectivity index is 1.36. The molecular formula is C45H30N9P. The van der Waals surface area contributed by atoms with Gasteiger partial charge in [-0.3, -0.25) is 0 Å². The minimum absolute atomic E-state index is 0.441. The van der Waals surface area contributed by atoms with Crippen LogP contribution in [0.4, 0.5) is 0 Å². The van der Waals surface area contributed by atoms with E-state index < -0.39 is 7.92 Å². The van der Waals surface area contributed by atoms with Gasteiger partial charge in [-0.15, -0.1) is 0 Å². The van der Waals surface area contributed by atoms with Crippen LogP contribution in [0.2, 0.25) is 0 Å². The Morgan fingerprint density at radius 3 is 0.527 bits per heavy atom. The van der Waals surface area contributed by atoms with Gasteiger partial charge in [-0.2, -0.15) is 0 Å². The van der Waals surface area contributed by atoms with Gasteiger partial charge in [0.1, 0.15) is 7.92 Å². The molecular weight excluding hydrogens is 698 g/mol. The van der Waals surface area contributed by atoms with Crippen LogP contribution in [0.5, 0.6) is 0 Å². The number of hydrogen-bond donors (Lipinski definition) is 0. The quantitative estimate of drug-likeness (QED) is 0.136. The van der Waals surface area contributed by atoms with Crippen LogP contribution < -0.4 is 16.7 Å². The standard InChI is InChI=1S/C45H30N9P/c1-7-19-31(20-8-1)37-46-38(32-21-9-2-10-22-32)50-43(49-37)55(44-51-39(33-23-11-3-12-24-33)47-40(52-44)34-25-13-4-14-26-34)45-53-41(35-27-15-5-16-28-35)48-42(54-45)36-29-17-6-18-30-36/h1-30H. The summed E-state index contributed by atoms with van der Waals surface area (Å²) < 4.78 is 0. The highest BCUT2D eigenvalue weighted by atomic mass is 31.1. The smallest absolute Gasteiger partial charge is 0.171 e. The van der Waals surface area contributed by atoms with E-state index in [0.717, 1.165) is 33.4 Å². The number of rotatable bonds is 9. The average molecular weight is 728 g/mol. The average Bonchev–Trinajstić information content (AvgIpc) is 3.28. The summed E-state index contributed by atoms with van der Waals surface area (Å²) in [5.74, 6) is 3.07. The monoisotopic (exact) mass is 727 g/mol. The molecule has 9 nitrogen and oxygen atoms in total. The van der Waals surface area contributed by atoms with E-state index in [0.29, 0.717) is 51.6 Å². The SMILES string of the molecule is c1ccc(-c2nc(-c3ccccc3)nc(P(c3nc(-c4ccccc4)nc(-c4ccccc4)n3)c3nc(-c4ccccc4)nc(-c4ccccc4)n3)n2)cc1. The van der Waals surface area contributed by atoms with E-state index in [-0.39, 0.29) is 0 Å². The van der Waals surface area contributed by atoms with Gasteiger partial charge in [0, 0.05) is 33.4 Å². The number of hydrogen-bond acceptors (Lipinski definition) is 9. The lowest BCUT2D eigenvalue weighted by atomic mass is 10.2. The Morgan fingerprint density at radius 2 is 0.364 bits per heavy atom. The predicted molar refractivity (Wildman–Crippen MR) is 218 cm³/mol. The summed E-state index contributed by atoms with van der Waals surface area (Å²) in [5.41, 5.74) is 6.38. The molecule has 0 atom stereocenters. The third-order valence-electron chi connectivity index (χ3n) is 8.66.